The molecular formula is C25H31NO5. The van der Waals surface area contributed by atoms with Gasteiger partial charge in [0.2, 0.25) is 0 Å². The van der Waals surface area contributed by atoms with Gasteiger partial charge >= 0.3 is 0 Å². The lowest BCUT2D eigenvalue weighted by atomic mass is 9.86. The fourth-order valence-electron chi connectivity index (χ4n) is 4.65. The largest absolute Gasteiger partial charge is 0.387 e. The summed E-state index contributed by atoms with van der Waals surface area (Å²) in [5, 5.41) is 34.1. The van der Waals surface area contributed by atoms with E-state index in [1.54, 1.807) is 0 Å². The van der Waals surface area contributed by atoms with Gasteiger partial charge in [-0.05, 0) is 59.1 Å². The topological polar surface area (TPSA) is 99.0 Å². The van der Waals surface area contributed by atoms with Gasteiger partial charge in [0.15, 0.2) is 6.29 Å². The summed E-state index contributed by atoms with van der Waals surface area (Å²) in [6, 6.07) is 12.4. The molecule has 0 amide bonds. The SMILES string of the molecule is CC(C)c1ccc(C2OC(C=O)C(O)C(O)C2O)cc1Cc1ccc2c(c1)NCCC2. The maximum atomic E-state index is 11.3. The molecule has 4 rings (SSSR count). The first-order chi connectivity index (χ1) is 14.9. The normalized spacial score (nSPS) is 28.1. The minimum atomic E-state index is -1.45. The average Bonchev–Trinajstić information content (AvgIpc) is 2.77. The molecule has 2 aliphatic rings. The third-order valence-electron chi connectivity index (χ3n) is 6.41. The molecule has 0 aliphatic carbocycles. The summed E-state index contributed by atoms with van der Waals surface area (Å²) in [5.41, 5.74) is 6.73. The number of carbonyl (C=O) groups excluding carboxylic acids is 1. The molecule has 6 heteroatoms. The van der Waals surface area contributed by atoms with Gasteiger partial charge in [-0.3, -0.25) is 0 Å². The molecule has 6 nitrogen and oxygen atoms in total. The fraction of sp³-hybridized carbons (Fsp3) is 0.480. The van der Waals surface area contributed by atoms with E-state index >= 15 is 0 Å². The molecular weight excluding hydrogens is 394 g/mol. The van der Waals surface area contributed by atoms with Gasteiger partial charge in [0.25, 0.3) is 0 Å². The monoisotopic (exact) mass is 425 g/mol. The molecule has 2 aromatic carbocycles. The van der Waals surface area contributed by atoms with Gasteiger partial charge in [-0.25, -0.2) is 0 Å². The molecule has 31 heavy (non-hydrogen) atoms. The molecule has 0 bridgehead atoms. The Labute approximate surface area is 182 Å². The second-order valence-corrected chi connectivity index (χ2v) is 8.94. The molecule has 0 radical (unpaired) electrons. The van der Waals surface area contributed by atoms with Crippen molar-refractivity contribution in [2.45, 2.75) is 69.5 Å². The number of aryl methyl sites for hydroxylation is 1. The van der Waals surface area contributed by atoms with E-state index in [4.69, 9.17) is 4.74 Å². The summed E-state index contributed by atoms with van der Waals surface area (Å²) in [7, 11) is 0. The molecule has 2 aliphatic heterocycles. The Morgan fingerprint density at radius 1 is 1.10 bits per heavy atom. The summed E-state index contributed by atoms with van der Waals surface area (Å²) in [4.78, 5) is 11.3. The quantitative estimate of drug-likeness (QED) is 0.550. The standard InChI is InChI=1S/C25H31NO5/c1-14(2)19-8-7-17(25-24(30)23(29)22(28)21(13-27)31-25)12-18(19)10-15-5-6-16-4-3-9-26-20(16)11-15/h5-8,11-14,21-26,28-30H,3-4,9-10H2,1-2H3. The predicted molar refractivity (Wildman–Crippen MR) is 118 cm³/mol. The van der Waals surface area contributed by atoms with E-state index in [0.29, 0.717) is 17.8 Å². The number of carbonyl (C=O) groups is 1. The summed E-state index contributed by atoms with van der Waals surface area (Å²) in [6.45, 7) is 5.27. The van der Waals surface area contributed by atoms with Crippen LogP contribution >= 0.6 is 0 Å². The number of hydrogen-bond acceptors (Lipinski definition) is 6. The number of hydrogen-bond donors (Lipinski definition) is 4. The highest BCUT2D eigenvalue weighted by Gasteiger charge is 2.44. The van der Waals surface area contributed by atoms with Crippen molar-refractivity contribution in [3.8, 4) is 0 Å². The Balaban J connectivity index is 1.66. The Hall–Kier alpha value is -2.25. The van der Waals surface area contributed by atoms with Crippen molar-refractivity contribution in [1.29, 1.82) is 0 Å². The molecule has 166 valence electrons. The first-order valence-corrected chi connectivity index (χ1v) is 11.0. The minimum Gasteiger partial charge on any atom is -0.387 e. The fourth-order valence-corrected chi connectivity index (χ4v) is 4.65. The third kappa shape index (κ3) is 4.39. The number of rotatable bonds is 5. The van der Waals surface area contributed by atoms with Gasteiger partial charge < -0.3 is 30.2 Å². The van der Waals surface area contributed by atoms with Crippen molar-refractivity contribution in [2.24, 2.45) is 0 Å². The number of aliphatic hydroxyl groups is 3. The zero-order valence-corrected chi connectivity index (χ0v) is 18.0. The van der Waals surface area contributed by atoms with Crippen LogP contribution in [-0.4, -0.2) is 52.6 Å². The Morgan fingerprint density at radius 2 is 1.90 bits per heavy atom. The molecule has 2 heterocycles. The smallest absolute Gasteiger partial charge is 0.151 e. The Kier molecular flexibility index (Phi) is 6.44. The molecule has 4 N–H and O–H groups in total. The van der Waals surface area contributed by atoms with Crippen LogP contribution in [0.15, 0.2) is 36.4 Å². The maximum Gasteiger partial charge on any atom is 0.151 e. The van der Waals surface area contributed by atoms with Crippen molar-refractivity contribution in [3.63, 3.8) is 0 Å². The number of fused-ring (bicyclic) bond motifs is 1. The molecule has 2 aromatic rings. The van der Waals surface area contributed by atoms with Crippen molar-refractivity contribution in [3.05, 3.63) is 64.2 Å². The van der Waals surface area contributed by atoms with Crippen molar-refractivity contribution in [1.82, 2.24) is 0 Å². The van der Waals surface area contributed by atoms with Crippen LogP contribution in [0.2, 0.25) is 0 Å². The van der Waals surface area contributed by atoms with Gasteiger partial charge in [0, 0.05) is 12.2 Å². The number of aldehydes is 1. The van der Waals surface area contributed by atoms with E-state index < -0.39 is 30.5 Å². The van der Waals surface area contributed by atoms with Crippen molar-refractivity contribution < 1.29 is 24.9 Å². The van der Waals surface area contributed by atoms with E-state index in [0.717, 1.165) is 31.4 Å². The van der Waals surface area contributed by atoms with Crippen LogP contribution in [0.4, 0.5) is 5.69 Å². The zero-order chi connectivity index (χ0) is 22.1. The van der Waals surface area contributed by atoms with E-state index in [1.807, 2.05) is 18.2 Å². The average molecular weight is 426 g/mol. The first kappa shape index (κ1) is 22.0. The van der Waals surface area contributed by atoms with Crippen molar-refractivity contribution >= 4 is 12.0 Å². The molecule has 1 saturated heterocycles. The minimum absolute atomic E-state index is 0.312. The lowest BCUT2D eigenvalue weighted by Crippen LogP contribution is -2.54. The molecule has 0 saturated carbocycles. The lowest BCUT2D eigenvalue weighted by Gasteiger charge is -2.39. The van der Waals surface area contributed by atoms with E-state index in [1.165, 1.54) is 22.4 Å². The second kappa shape index (κ2) is 9.09. The van der Waals surface area contributed by atoms with Crippen LogP contribution < -0.4 is 5.32 Å². The van der Waals surface area contributed by atoms with E-state index in [2.05, 4.69) is 37.4 Å². The second-order valence-electron chi connectivity index (χ2n) is 8.94. The number of nitrogens with one attached hydrogen (secondary N) is 1. The highest BCUT2D eigenvalue weighted by molar-refractivity contribution is 5.58. The number of anilines is 1. The Morgan fingerprint density at radius 3 is 2.65 bits per heavy atom. The third-order valence-corrected chi connectivity index (χ3v) is 6.41. The van der Waals surface area contributed by atoms with Crippen LogP contribution in [0.25, 0.3) is 0 Å². The van der Waals surface area contributed by atoms with Crippen LogP contribution in [0.3, 0.4) is 0 Å². The van der Waals surface area contributed by atoms with E-state index in [-0.39, 0.29) is 0 Å². The number of aliphatic hydroxyl groups excluding tert-OH is 3. The van der Waals surface area contributed by atoms with Gasteiger partial charge in [0.05, 0.1) is 0 Å². The first-order valence-electron chi connectivity index (χ1n) is 11.0. The summed E-state index contributed by atoms with van der Waals surface area (Å²) in [5.74, 6) is 0.312. The van der Waals surface area contributed by atoms with Crippen LogP contribution in [0.5, 0.6) is 0 Å². The number of ether oxygens (including phenoxy) is 1. The maximum absolute atomic E-state index is 11.3. The van der Waals surface area contributed by atoms with Gasteiger partial charge in [-0.15, -0.1) is 0 Å². The van der Waals surface area contributed by atoms with Gasteiger partial charge in [-0.1, -0.05) is 44.2 Å². The molecule has 5 unspecified atom stereocenters. The van der Waals surface area contributed by atoms with Crippen molar-refractivity contribution in [2.75, 3.05) is 11.9 Å². The highest BCUT2D eigenvalue weighted by atomic mass is 16.5. The van der Waals surface area contributed by atoms with Crippen LogP contribution in [-0.2, 0) is 22.4 Å². The summed E-state index contributed by atoms with van der Waals surface area (Å²) in [6.07, 6.45) is -2.84. The van der Waals surface area contributed by atoms with Gasteiger partial charge in [0.1, 0.15) is 30.5 Å². The highest BCUT2D eigenvalue weighted by Crippen LogP contribution is 2.35. The lowest BCUT2D eigenvalue weighted by molar-refractivity contribution is -0.217. The zero-order valence-electron chi connectivity index (χ0n) is 18.0. The van der Waals surface area contributed by atoms with Crippen LogP contribution in [0, 0.1) is 0 Å². The summed E-state index contributed by atoms with van der Waals surface area (Å²) >= 11 is 0. The molecule has 0 aromatic heterocycles. The van der Waals surface area contributed by atoms with E-state index in [9.17, 15) is 20.1 Å². The molecule has 0 spiro atoms. The number of benzene rings is 2. The van der Waals surface area contributed by atoms with Crippen LogP contribution in [0.1, 0.15) is 60.1 Å². The van der Waals surface area contributed by atoms with Gasteiger partial charge in [-0.2, -0.15) is 0 Å². The molecule has 1 fully saturated rings. The predicted octanol–water partition coefficient (Wildman–Crippen LogP) is 2.48. The summed E-state index contributed by atoms with van der Waals surface area (Å²) < 4.78 is 5.66. The Bertz CT molecular complexity index is 944. The molecule has 5 atom stereocenters.